The summed E-state index contributed by atoms with van der Waals surface area (Å²) in [4.78, 5) is 0. The predicted molar refractivity (Wildman–Crippen MR) is 121 cm³/mol. The summed E-state index contributed by atoms with van der Waals surface area (Å²) in [7, 11) is 0. The SMILES string of the molecule is CCCC[C](CCCC)(CCCC)[Sn][c]1cn(-c2ccc(Cl)cc2Br)nn1. The monoisotopic (exact) mass is 559 g/mol. The molecule has 3 nitrogen and oxygen atoms in total. The molecule has 0 bridgehead atoms. The fourth-order valence-electron chi connectivity index (χ4n) is 3.49. The van der Waals surface area contributed by atoms with Crippen LogP contribution in [0.1, 0.15) is 78.6 Å². The van der Waals surface area contributed by atoms with Crippen molar-refractivity contribution in [1.82, 2.24) is 15.0 Å². The number of hydrogen-bond acceptors (Lipinski definition) is 2. The second-order valence-corrected chi connectivity index (χ2v) is 13.9. The Morgan fingerprint density at radius 2 is 1.63 bits per heavy atom. The Balaban J connectivity index is 2.23. The normalized spacial score (nSPS) is 11.9. The summed E-state index contributed by atoms with van der Waals surface area (Å²) in [6.45, 7) is 6.93. The predicted octanol–water partition coefficient (Wildman–Crippen LogP) is 6.74. The van der Waals surface area contributed by atoms with Crippen molar-refractivity contribution in [3.63, 3.8) is 0 Å². The molecule has 27 heavy (non-hydrogen) atoms. The van der Waals surface area contributed by atoms with Gasteiger partial charge in [0, 0.05) is 0 Å². The van der Waals surface area contributed by atoms with E-state index in [0.717, 1.165) is 15.2 Å². The van der Waals surface area contributed by atoms with Crippen LogP contribution in [0.25, 0.3) is 5.69 Å². The van der Waals surface area contributed by atoms with E-state index in [1.54, 1.807) is 0 Å². The average molecular weight is 560 g/mol. The van der Waals surface area contributed by atoms with Crippen LogP contribution < -0.4 is 3.71 Å². The molecule has 0 atom stereocenters. The Hall–Kier alpha value is -0.0713. The summed E-state index contributed by atoms with van der Waals surface area (Å²) in [5, 5.41) is 9.76. The van der Waals surface area contributed by atoms with E-state index in [1.165, 1.54) is 61.5 Å². The van der Waals surface area contributed by atoms with E-state index in [9.17, 15) is 0 Å². The van der Waals surface area contributed by atoms with Gasteiger partial charge in [0.2, 0.25) is 0 Å². The van der Waals surface area contributed by atoms with Gasteiger partial charge in [-0.3, -0.25) is 0 Å². The molecule has 0 N–H and O–H groups in total. The Kier molecular flexibility index (Phi) is 10.2. The summed E-state index contributed by atoms with van der Waals surface area (Å²) in [6.07, 6.45) is 14.1. The van der Waals surface area contributed by atoms with Crippen LogP contribution in [0.2, 0.25) is 8.45 Å². The molecule has 1 heterocycles. The van der Waals surface area contributed by atoms with Gasteiger partial charge >= 0.3 is 189 Å². The molecule has 0 saturated carbocycles. The quantitative estimate of drug-likeness (QED) is 0.270. The zero-order valence-corrected chi connectivity index (χ0v) is 22.0. The third-order valence-corrected chi connectivity index (χ3v) is 11.0. The maximum atomic E-state index is 6.08. The van der Waals surface area contributed by atoms with E-state index < -0.39 is 21.1 Å². The van der Waals surface area contributed by atoms with Gasteiger partial charge in [0.15, 0.2) is 0 Å². The molecule has 2 radical (unpaired) electrons. The molecule has 0 saturated heterocycles. The summed E-state index contributed by atoms with van der Waals surface area (Å²) < 4.78 is 4.65. The number of halogens is 2. The van der Waals surface area contributed by atoms with Crippen molar-refractivity contribution in [3.8, 4) is 5.69 Å². The Morgan fingerprint density at radius 3 is 2.15 bits per heavy atom. The third-order valence-electron chi connectivity index (χ3n) is 5.07. The van der Waals surface area contributed by atoms with Gasteiger partial charge in [0.25, 0.3) is 0 Å². The first-order chi connectivity index (χ1) is 13.0. The Morgan fingerprint density at radius 1 is 1.04 bits per heavy atom. The summed E-state index contributed by atoms with van der Waals surface area (Å²) in [6, 6.07) is 5.80. The van der Waals surface area contributed by atoms with Gasteiger partial charge in [-0.15, -0.1) is 0 Å². The van der Waals surface area contributed by atoms with Crippen LogP contribution in [0.3, 0.4) is 0 Å². The van der Waals surface area contributed by atoms with Gasteiger partial charge in [-0.25, -0.2) is 0 Å². The molecule has 2 rings (SSSR count). The van der Waals surface area contributed by atoms with Crippen LogP contribution in [-0.4, -0.2) is 36.1 Å². The topological polar surface area (TPSA) is 30.7 Å². The van der Waals surface area contributed by atoms with Crippen molar-refractivity contribution in [3.05, 3.63) is 33.9 Å². The van der Waals surface area contributed by atoms with Gasteiger partial charge < -0.3 is 0 Å². The molecule has 0 unspecified atom stereocenters. The molecule has 0 amide bonds. The zero-order chi connectivity index (χ0) is 19.7. The van der Waals surface area contributed by atoms with Gasteiger partial charge in [-0.05, 0) is 0 Å². The maximum absolute atomic E-state index is 6.08. The number of aromatic nitrogens is 3. The molecular weight excluding hydrogens is 528 g/mol. The van der Waals surface area contributed by atoms with Crippen LogP contribution in [0.5, 0.6) is 0 Å². The van der Waals surface area contributed by atoms with Crippen LogP contribution in [0.15, 0.2) is 28.9 Å². The minimum atomic E-state index is -0.848. The van der Waals surface area contributed by atoms with E-state index in [4.69, 9.17) is 11.6 Å². The van der Waals surface area contributed by atoms with Crippen molar-refractivity contribution in [2.75, 3.05) is 0 Å². The number of rotatable bonds is 12. The third kappa shape index (κ3) is 7.04. The van der Waals surface area contributed by atoms with Crippen LogP contribution in [-0.2, 0) is 0 Å². The van der Waals surface area contributed by atoms with Gasteiger partial charge in [0.1, 0.15) is 0 Å². The first kappa shape index (κ1) is 23.2. The Labute approximate surface area is 188 Å². The van der Waals surface area contributed by atoms with Gasteiger partial charge in [-0.2, -0.15) is 0 Å². The van der Waals surface area contributed by atoms with Gasteiger partial charge in [0.05, 0.1) is 0 Å². The fraction of sp³-hybridized carbons (Fsp3) is 0.619. The zero-order valence-electron chi connectivity index (χ0n) is 16.8. The summed E-state index contributed by atoms with van der Waals surface area (Å²) >= 11 is 8.83. The molecule has 0 aliphatic rings. The van der Waals surface area contributed by atoms with Crippen LogP contribution in [0.4, 0.5) is 0 Å². The Bertz CT molecular complexity index is 683. The number of benzene rings is 1. The number of hydrogen-bond donors (Lipinski definition) is 0. The van der Waals surface area contributed by atoms with Crippen LogP contribution in [0, 0.1) is 0 Å². The molecular formula is C21H31BrClN3Sn. The molecule has 2 aromatic rings. The molecule has 0 aliphatic heterocycles. The van der Waals surface area contributed by atoms with Crippen molar-refractivity contribution in [2.45, 2.75) is 82.0 Å². The van der Waals surface area contributed by atoms with Crippen molar-refractivity contribution in [1.29, 1.82) is 0 Å². The minimum absolute atomic E-state index is 0.531. The van der Waals surface area contributed by atoms with E-state index in [2.05, 4.69) is 53.2 Å². The fourth-order valence-corrected chi connectivity index (χ4v) is 9.29. The van der Waals surface area contributed by atoms with E-state index in [1.807, 2.05) is 22.9 Å². The molecule has 148 valence electrons. The number of nitrogens with zero attached hydrogens (tertiary/aromatic N) is 3. The average Bonchev–Trinajstić information content (AvgIpc) is 3.10. The molecule has 0 aliphatic carbocycles. The number of unbranched alkanes of at least 4 members (excludes halogenated alkanes) is 3. The van der Waals surface area contributed by atoms with Crippen molar-refractivity contribution < 1.29 is 0 Å². The summed E-state index contributed by atoms with van der Waals surface area (Å²) in [5.41, 5.74) is 0.999. The van der Waals surface area contributed by atoms with Crippen molar-refractivity contribution >= 4 is 52.4 Å². The van der Waals surface area contributed by atoms with Crippen molar-refractivity contribution in [2.24, 2.45) is 0 Å². The molecule has 0 fully saturated rings. The van der Waals surface area contributed by atoms with E-state index in [-0.39, 0.29) is 0 Å². The molecule has 1 aromatic carbocycles. The second kappa shape index (κ2) is 11.8. The molecule has 0 spiro atoms. The molecule has 6 heteroatoms. The first-order valence-electron chi connectivity index (χ1n) is 10.2. The van der Waals surface area contributed by atoms with Crippen LogP contribution >= 0.6 is 27.5 Å². The standard InChI is InChI=1S/C13H27.C8H4BrClN3.Sn/c1-4-7-10-13(11-8-5-2)12-9-6-3;9-7-5-6(10)1-2-8(7)13-4-3-11-12-13;/h4-12H2,1-3H3;1-2,4-5H;. The molecule has 1 aromatic heterocycles. The summed E-state index contributed by atoms with van der Waals surface area (Å²) in [5.74, 6) is 0. The van der Waals surface area contributed by atoms with E-state index >= 15 is 0 Å². The second-order valence-electron chi connectivity index (χ2n) is 7.36. The van der Waals surface area contributed by atoms with Gasteiger partial charge in [-0.1, -0.05) is 0 Å². The van der Waals surface area contributed by atoms with E-state index in [0.29, 0.717) is 3.43 Å². The first-order valence-corrected chi connectivity index (χ1v) is 14.2.